The molecule has 1 aromatic heterocycles. The standard InChI is InChI=1S/C15H17ClN2OS/c1-9(2)14(12-7-4-8-20-12)18-15(19)10-5-3-6-11(17)13(10)16/h3-9,14H,17H2,1-2H3,(H,18,19). The number of thiophene rings is 1. The average molecular weight is 309 g/mol. The lowest BCUT2D eigenvalue weighted by Gasteiger charge is -2.21. The first kappa shape index (κ1) is 14.9. The minimum absolute atomic E-state index is 0.0278. The number of carbonyl (C=O) groups is 1. The number of halogens is 1. The van der Waals surface area contributed by atoms with Crippen LogP contribution in [-0.4, -0.2) is 5.91 Å². The number of hydrogen-bond acceptors (Lipinski definition) is 3. The van der Waals surface area contributed by atoms with Crippen LogP contribution in [0.1, 0.15) is 35.1 Å². The van der Waals surface area contributed by atoms with Crippen LogP contribution in [0, 0.1) is 5.92 Å². The summed E-state index contributed by atoms with van der Waals surface area (Å²) >= 11 is 7.72. The van der Waals surface area contributed by atoms with E-state index in [0.29, 0.717) is 16.3 Å². The van der Waals surface area contributed by atoms with Gasteiger partial charge in [0.1, 0.15) is 0 Å². The number of rotatable bonds is 4. The molecular formula is C15H17ClN2OS. The SMILES string of the molecule is CC(C)C(NC(=O)c1cccc(N)c1Cl)c1cccs1. The second-order valence-corrected chi connectivity index (χ2v) is 6.28. The zero-order valence-electron chi connectivity index (χ0n) is 11.4. The van der Waals surface area contributed by atoms with Gasteiger partial charge in [-0.3, -0.25) is 4.79 Å². The highest BCUT2D eigenvalue weighted by Gasteiger charge is 2.21. The molecule has 2 rings (SSSR count). The van der Waals surface area contributed by atoms with Crippen molar-refractivity contribution in [1.82, 2.24) is 5.32 Å². The molecule has 0 bridgehead atoms. The molecule has 3 nitrogen and oxygen atoms in total. The molecule has 0 aliphatic heterocycles. The van der Waals surface area contributed by atoms with Crippen LogP contribution in [0.3, 0.4) is 0 Å². The molecule has 20 heavy (non-hydrogen) atoms. The van der Waals surface area contributed by atoms with Gasteiger partial charge in [0.2, 0.25) is 0 Å². The minimum atomic E-state index is -0.200. The number of nitrogens with two attached hydrogens (primary N) is 1. The number of carbonyl (C=O) groups excluding carboxylic acids is 1. The zero-order chi connectivity index (χ0) is 14.7. The molecule has 3 N–H and O–H groups in total. The first-order valence-electron chi connectivity index (χ1n) is 6.39. The lowest BCUT2D eigenvalue weighted by atomic mass is 10.0. The summed E-state index contributed by atoms with van der Waals surface area (Å²) in [7, 11) is 0. The van der Waals surface area contributed by atoms with Gasteiger partial charge in [0.05, 0.1) is 22.3 Å². The Kier molecular flexibility index (Phi) is 4.68. The summed E-state index contributed by atoms with van der Waals surface area (Å²) in [6.07, 6.45) is 0. The van der Waals surface area contributed by atoms with E-state index in [4.69, 9.17) is 17.3 Å². The maximum absolute atomic E-state index is 12.4. The molecule has 2 aromatic rings. The summed E-state index contributed by atoms with van der Waals surface area (Å²) in [4.78, 5) is 13.5. The van der Waals surface area contributed by atoms with Crippen molar-refractivity contribution in [3.05, 3.63) is 51.2 Å². The quantitative estimate of drug-likeness (QED) is 0.835. The summed E-state index contributed by atoms with van der Waals surface area (Å²) in [5, 5.41) is 5.34. The van der Waals surface area contributed by atoms with Crippen molar-refractivity contribution in [1.29, 1.82) is 0 Å². The van der Waals surface area contributed by atoms with Crippen molar-refractivity contribution in [2.24, 2.45) is 5.92 Å². The molecule has 1 aromatic carbocycles. The van der Waals surface area contributed by atoms with Gasteiger partial charge in [-0.05, 0) is 29.5 Å². The Labute approximate surface area is 127 Å². The Morgan fingerprint density at radius 2 is 2.05 bits per heavy atom. The van der Waals surface area contributed by atoms with Crippen LogP contribution in [-0.2, 0) is 0 Å². The smallest absolute Gasteiger partial charge is 0.253 e. The van der Waals surface area contributed by atoms with Crippen molar-refractivity contribution < 1.29 is 4.79 Å². The first-order chi connectivity index (χ1) is 9.50. The molecule has 1 heterocycles. The van der Waals surface area contributed by atoms with E-state index in [1.54, 1.807) is 29.5 Å². The van der Waals surface area contributed by atoms with E-state index in [1.807, 2.05) is 17.5 Å². The Morgan fingerprint density at radius 1 is 1.30 bits per heavy atom. The van der Waals surface area contributed by atoms with E-state index in [2.05, 4.69) is 19.2 Å². The fraction of sp³-hybridized carbons (Fsp3) is 0.267. The van der Waals surface area contributed by atoms with Gasteiger partial charge in [-0.2, -0.15) is 0 Å². The minimum Gasteiger partial charge on any atom is -0.398 e. The third kappa shape index (κ3) is 3.14. The first-order valence-corrected chi connectivity index (χ1v) is 7.64. The zero-order valence-corrected chi connectivity index (χ0v) is 13.0. The summed E-state index contributed by atoms with van der Waals surface area (Å²) in [5.41, 5.74) is 6.56. The maximum Gasteiger partial charge on any atom is 0.253 e. The fourth-order valence-corrected chi connectivity index (χ4v) is 3.14. The molecule has 0 radical (unpaired) electrons. The van der Waals surface area contributed by atoms with Crippen molar-refractivity contribution in [3.63, 3.8) is 0 Å². The van der Waals surface area contributed by atoms with Gasteiger partial charge in [0.15, 0.2) is 0 Å². The van der Waals surface area contributed by atoms with Crippen LogP contribution in [0.5, 0.6) is 0 Å². The van der Waals surface area contributed by atoms with E-state index < -0.39 is 0 Å². The van der Waals surface area contributed by atoms with Gasteiger partial charge in [-0.25, -0.2) is 0 Å². The van der Waals surface area contributed by atoms with E-state index in [9.17, 15) is 4.79 Å². The monoisotopic (exact) mass is 308 g/mol. The summed E-state index contributed by atoms with van der Waals surface area (Å²) in [6.45, 7) is 4.15. The molecule has 0 spiro atoms. The number of nitrogens with one attached hydrogen (secondary N) is 1. The predicted molar refractivity (Wildman–Crippen MR) is 85.2 cm³/mol. The van der Waals surface area contributed by atoms with Gasteiger partial charge >= 0.3 is 0 Å². The van der Waals surface area contributed by atoms with Crippen LogP contribution in [0.2, 0.25) is 5.02 Å². The third-order valence-corrected chi connectivity index (χ3v) is 4.45. The van der Waals surface area contributed by atoms with E-state index in [-0.39, 0.29) is 17.9 Å². The number of benzene rings is 1. The fourth-order valence-electron chi connectivity index (χ4n) is 1.98. The Balaban J connectivity index is 2.23. The van der Waals surface area contributed by atoms with Crippen molar-refractivity contribution in [2.75, 3.05) is 5.73 Å². The van der Waals surface area contributed by atoms with Crippen molar-refractivity contribution >= 4 is 34.5 Å². The van der Waals surface area contributed by atoms with Crippen molar-refractivity contribution in [2.45, 2.75) is 19.9 Å². The molecule has 0 aliphatic rings. The lowest BCUT2D eigenvalue weighted by Crippen LogP contribution is -2.31. The van der Waals surface area contributed by atoms with Crippen LogP contribution in [0.15, 0.2) is 35.7 Å². The predicted octanol–water partition coefficient (Wildman–Crippen LogP) is 4.11. The van der Waals surface area contributed by atoms with Gasteiger partial charge in [0, 0.05) is 4.88 Å². The van der Waals surface area contributed by atoms with Gasteiger partial charge in [-0.1, -0.05) is 37.6 Å². The molecule has 1 atom stereocenters. The molecule has 0 saturated heterocycles. The Bertz CT molecular complexity index is 596. The molecule has 106 valence electrons. The molecule has 1 unspecified atom stereocenters. The maximum atomic E-state index is 12.4. The number of amides is 1. The highest BCUT2D eigenvalue weighted by atomic mass is 35.5. The summed E-state index contributed by atoms with van der Waals surface area (Å²) < 4.78 is 0. The second kappa shape index (κ2) is 6.29. The number of anilines is 1. The topological polar surface area (TPSA) is 55.1 Å². The van der Waals surface area contributed by atoms with Crippen molar-refractivity contribution in [3.8, 4) is 0 Å². The van der Waals surface area contributed by atoms with Gasteiger partial charge in [-0.15, -0.1) is 11.3 Å². The summed E-state index contributed by atoms with van der Waals surface area (Å²) in [5.74, 6) is 0.0897. The Hall–Kier alpha value is -1.52. The van der Waals surface area contributed by atoms with E-state index in [0.717, 1.165) is 4.88 Å². The number of hydrogen-bond donors (Lipinski definition) is 2. The normalized spacial score (nSPS) is 12.4. The average Bonchev–Trinajstić information content (AvgIpc) is 2.92. The van der Waals surface area contributed by atoms with E-state index >= 15 is 0 Å². The highest BCUT2D eigenvalue weighted by Crippen LogP contribution is 2.28. The second-order valence-electron chi connectivity index (χ2n) is 4.92. The highest BCUT2D eigenvalue weighted by molar-refractivity contribution is 7.10. The Morgan fingerprint density at radius 3 is 2.65 bits per heavy atom. The molecular weight excluding hydrogens is 292 g/mol. The van der Waals surface area contributed by atoms with Crippen LogP contribution < -0.4 is 11.1 Å². The molecule has 1 amide bonds. The van der Waals surface area contributed by atoms with Crippen LogP contribution in [0.4, 0.5) is 5.69 Å². The van der Waals surface area contributed by atoms with Gasteiger partial charge in [0.25, 0.3) is 5.91 Å². The summed E-state index contributed by atoms with van der Waals surface area (Å²) in [6, 6.07) is 9.06. The lowest BCUT2D eigenvalue weighted by molar-refractivity contribution is 0.0926. The van der Waals surface area contributed by atoms with Gasteiger partial charge < -0.3 is 11.1 Å². The van der Waals surface area contributed by atoms with Crippen LogP contribution in [0.25, 0.3) is 0 Å². The molecule has 0 fully saturated rings. The molecule has 0 saturated carbocycles. The van der Waals surface area contributed by atoms with Crippen LogP contribution >= 0.6 is 22.9 Å². The number of nitrogen functional groups attached to an aromatic ring is 1. The largest absolute Gasteiger partial charge is 0.398 e. The van der Waals surface area contributed by atoms with E-state index in [1.165, 1.54) is 0 Å². The molecule has 5 heteroatoms. The third-order valence-electron chi connectivity index (χ3n) is 3.08. The molecule has 0 aliphatic carbocycles.